The van der Waals surface area contributed by atoms with Crippen LogP contribution in [0.15, 0.2) is 18.5 Å². The molecule has 0 spiro atoms. The first-order chi connectivity index (χ1) is 10.5. The summed E-state index contributed by atoms with van der Waals surface area (Å²) in [6.07, 6.45) is 6.86. The summed E-state index contributed by atoms with van der Waals surface area (Å²) in [6.45, 7) is 4.29. The van der Waals surface area contributed by atoms with E-state index >= 15 is 0 Å². The van der Waals surface area contributed by atoms with E-state index in [0.717, 1.165) is 30.5 Å². The molecule has 1 saturated carbocycles. The van der Waals surface area contributed by atoms with Crippen LogP contribution in [0.4, 0.5) is 5.82 Å². The van der Waals surface area contributed by atoms with Gasteiger partial charge in [-0.3, -0.25) is 19.1 Å². The van der Waals surface area contributed by atoms with Crippen LogP contribution in [-0.4, -0.2) is 32.5 Å². The highest BCUT2D eigenvalue weighted by Crippen LogP contribution is 2.43. The van der Waals surface area contributed by atoms with Crippen molar-refractivity contribution in [2.24, 2.45) is 7.05 Å². The monoisotopic (exact) mass is 301 g/mol. The number of amides is 1. The van der Waals surface area contributed by atoms with Gasteiger partial charge in [0.2, 0.25) is 0 Å². The van der Waals surface area contributed by atoms with Gasteiger partial charge in [-0.05, 0) is 26.2 Å². The lowest BCUT2D eigenvalue weighted by atomic mass is 10.1. The van der Waals surface area contributed by atoms with E-state index in [1.54, 1.807) is 22.8 Å². The molecule has 1 fully saturated rings. The van der Waals surface area contributed by atoms with Crippen molar-refractivity contribution < 1.29 is 4.79 Å². The predicted molar refractivity (Wildman–Crippen MR) is 85.1 cm³/mol. The van der Waals surface area contributed by atoms with E-state index in [-0.39, 0.29) is 5.91 Å². The molecule has 0 N–H and O–H groups in total. The number of rotatable bonds is 5. The molecule has 6 heteroatoms. The minimum Gasteiger partial charge on any atom is -0.294 e. The summed E-state index contributed by atoms with van der Waals surface area (Å²) < 4.78 is 3.74. The molecule has 2 aromatic heterocycles. The minimum absolute atomic E-state index is 0.0323. The Balaban J connectivity index is 1.94. The number of aryl methyl sites for hydroxylation is 1. The first-order valence-electron chi connectivity index (χ1n) is 7.88. The van der Waals surface area contributed by atoms with E-state index in [2.05, 4.69) is 24.0 Å². The summed E-state index contributed by atoms with van der Waals surface area (Å²) in [5, 5.41) is 8.79. The van der Waals surface area contributed by atoms with Crippen LogP contribution < -0.4 is 4.90 Å². The maximum atomic E-state index is 12.9. The fraction of sp³-hybridized carbons (Fsp3) is 0.562. The zero-order chi connectivity index (χ0) is 15.9. The lowest BCUT2D eigenvalue weighted by Crippen LogP contribution is -2.27. The Morgan fingerprint density at radius 2 is 2.23 bits per heavy atom. The van der Waals surface area contributed by atoms with E-state index in [1.165, 1.54) is 0 Å². The van der Waals surface area contributed by atoms with Gasteiger partial charge in [0.1, 0.15) is 0 Å². The van der Waals surface area contributed by atoms with Crippen molar-refractivity contribution in [3.8, 4) is 0 Å². The van der Waals surface area contributed by atoms with Gasteiger partial charge >= 0.3 is 0 Å². The van der Waals surface area contributed by atoms with E-state index in [1.807, 2.05) is 24.0 Å². The van der Waals surface area contributed by atoms with Crippen molar-refractivity contribution in [3.05, 3.63) is 29.7 Å². The number of carbonyl (C=O) groups excluding carboxylic acids is 1. The molecule has 22 heavy (non-hydrogen) atoms. The summed E-state index contributed by atoms with van der Waals surface area (Å²) in [7, 11) is 3.61. The molecule has 0 saturated heterocycles. The van der Waals surface area contributed by atoms with Crippen LogP contribution in [0, 0.1) is 0 Å². The Hall–Kier alpha value is -2.11. The Labute approximate surface area is 130 Å². The molecule has 0 aliphatic heterocycles. The standard InChI is InChI=1S/C16H23N5O/c1-5-11(2)21-15(12-6-7-12)13(10-17-21)16(22)20(4)14-8-9-19(3)18-14/h8-12H,5-7H2,1-4H3. The second kappa shape index (κ2) is 5.59. The highest BCUT2D eigenvalue weighted by atomic mass is 16.2. The molecule has 0 aromatic carbocycles. The van der Waals surface area contributed by atoms with Gasteiger partial charge in [0.15, 0.2) is 5.82 Å². The molecule has 2 aromatic rings. The lowest BCUT2D eigenvalue weighted by Gasteiger charge is -2.17. The fourth-order valence-electron chi connectivity index (χ4n) is 2.69. The number of aromatic nitrogens is 4. The minimum atomic E-state index is -0.0323. The average Bonchev–Trinajstić information content (AvgIpc) is 3.11. The molecule has 0 bridgehead atoms. The highest BCUT2D eigenvalue weighted by molar-refractivity contribution is 6.06. The van der Waals surface area contributed by atoms with Crippen molar-refractivity contribution in [2.75, 3.05) is 11.9 Å². The zero-order valence-electron chi connectivity index (χ0n) is 13.7. The Bertz CT molecular complexity index is 683. The Kier molecular flexibility index (Phi) is 3.76. The number of nitrogens with zero attached hydrogens (tertiary/aromatic N) is 5. The molecule has 1 aliphatic carbocycles. The van der Waals surface area contributed by atoms with Gasteiger partial charge in [0, 0.05) is 38.3 Å². The van der Waals surface area contributed by atoms with E-state index in [9.17, 15) is 4.79 Å². The largest absolute Gasteiger partial charge is 0.294 e. The second-order valence-electron chi connectivity index (χ2n) is 6.13. The zero-order valence-corrected chi connectivity index (χ0v) is 13.7. The predicted octanol–water partition coefficient (Wildman–Crippen LogP) is 2.74. The summed E-state index contributed by atoms with van der Waals surface area (Å²) >= 11 is 0. The number of hydrogen-bond donors (Lipinski definition) is 0. The van der Waals surface area contributed by atoms with Crippen molar-refractivity contribution >= 4 is 11.7 Å². The quantitative estimate of drug-likeness (QED) is 0.853. The summed E-state index contributed by atoms with van der Waals surface area (Å²) in [5.74, 6) is 1.10. The van der Waals surface area contributed by atoms with Gasteiger partial charge in [-0.15, -0.1) is 0 Å². The van der Waals surface area contributed by atoms with Gasteiger partial charge in [-0.25, -0.2) is 0 Å². The van der Waals surface area contributed by atoms with Crippen LogP contribution in [-0.2, 0) is 7.05 Å². The van der Waals surface area contributed by atoms with E-state index < -0.39 is 0 Å². The van der Waals surface area contributed by atoms with Gasteiger partial charge in [0.05, 0.1) is 17.5 Å². The molecule has 1 unspecified atom stereocenters. The van der Waals surface area contributed by atoms with Gasteiger partial charge in [0.25, 0.3) is 5.91 Å². The van der Waals surface area contributed by atoms with Crippen molar-refractivity contribution in [1.82, 2.24) is 19.6 Å². The average molecular weight is 301 g/mol. The highest BCUT2D eigenvalue weighted by Gasteiger charge is 2.34. The van der Waals surface area contributed by atoms with Gasteiger partial charge in [-0.2, -0.15) is 10.2 Å². The summed E-state index contributed by atoms with van der Waals surface area (Å²) in [4.78, 5) is 14.5. The molecule has 3 rings (SSSR count). The second-order valence-corrected chi connectivity index (χ2v) is 6.13. The van der Waals surface area contributed by atoms with Gasteiger partial charge in [-0.1, -0.05) is 6.92 Å². The lowest BCUT2D eigenvalue weighted by molar-refractivity contribution is 0.0991. The third-order valence-electron chi connectivity index (χ3n) is 4.38. The fourth-order valence-corrected chi connectivity index (χ4v) is 2.69. The molecular formula is C16H23N5O. The third kappa shape index (κ3) is 2.53. The molecular weight excluding hydrogens is 278 g/mol. The molecule has 2 heterocycles. The number of hydrogen-bond acceptors (Lipinski definition) is 3. The molecule has 1 atom stereocenters. The van der Waals surface area contributed by atoms with Crippen LogP contribution >= 0.6 is 0 Å². The van der Waals surface area contributed by atoms with E-state index in [0.29, 0.717) is 17.8 Å². The van der Waals surface area contributed by atoms with Crippen molar-refractivity contribution in [3.63, 3.8) is 0 Å². The normalized spacial score (nSPS) is 15.8. The van der Waals surface area contributed by atoms with Crippen molar-refractivity contribution in [1.29, 1.82) is 0 Å². The first kappa shape index (κ1) is 14.8. The maximum Gasteiger partial charge on any atom is 0.262 e. The van der Waals surface area contributed by atoms with Crippen LogP contribution in [0.1, 0.15) is 61.1 Å². The molecule has 6 nitrogen and oxygen atoms in total. The first-order valence-corrected chi connectivity index (χ1v) is 7.88. The van der Waals surface area contributed by atoms with Crippen LogP contribution in [0.25, 0.3) is 0 Å². The summed E-state index contributed by atoms with van der Waals surface area (Å²) in [5.41, 5.74) is 1.82. The van der Waals surface area contributed by atoms with Crippen LogP contribution in [0.3, 0.4) is 0 Å². The molecule has 1 aliphatic rings. The Morgan fingerprint density at radius 3 is 2.77 bits per heavy atom. The van der Waals surface area contributed by atoms with Crippen molar-refractivity contribution in [2.45, 2.75) is 45.1 Å². The molecule has 0 radical (unpaired) electrons. The summed E-state index contributed by atoms with van der Waals surface area (Å²) in [6, 6.07) is 2.16. The Morgan fingerprint density at radius 1 is 1.50 bits per heavy atom. The van der Waals surface area contributed by atoms with Crippen LogP contribution in [0.5, 0.6) is 0 Å². The number of carbonyl (C=O) groups is 1. The molecule has 1 amide bonds. The van der Waals surface area contributed by atoms with E-state index in [4.69, 9.17) is 0 Å². The van der Waals surface area contributed by atoms with Crippen LogP contribution in [0.2, 0.25) is 0 Å². The third-order valence-corrected chi connectivity index (χ3v) is 4.38. The number of anilines is 1. The maximum absolute atomic E-state index is 12.9. The smallest absolute Gasteiger partial charge is 0.262 e. The molecule has 118 valence electrons. The van der Waals surface area contributed by atoms with Gasteiger partial charge < -0.3 is 0 Å². The SMILES string of the molecule is CCC(C)n1ncc(C(=O)N(C)c2ccn(C)n2)c1C1CC1. The topological polar surface area (TPSA) is 56.0 Å².